The van der Waals surface area contributed by atoms with Gasteiger partial charge < -0.3 is 4.74 Å². The van der Waals surface area contributed by atoms with E-state index >= 15 is 0 Å². The van der Waals surface area contributed by atoms with Crippen molar-refractivity contribution < 1.29 is 9.53 Å². The first-order chi connectivity index (χ1) is 7.72. The number of benzene rings is 1. The summed E-state index contributed by atoms with van der Waals surface area (Å²) in [6, 6.07) is 8.32. The van der Waals surface area contributed by atoms with E-state index in [0.29, 0.717) is 6.42 Å². The van der Waals surface area contributed by atoms with Crippen LogP contribution in [-0.2, 0) is 21.6 Å². The molecule has 0 radical (unpaired) electrons. The minimum atomic E-state index is -0.397. The molecule has 0 unspecified atom stereocenters. The Kier molecular flexibility index (Phi) is 2.32. The lowest BCUT2D eigenvalue weighted by atomic mass is 9.77. The molecule has 16 heavy (non-hydrogen) atoms. The minimum absolute atomic E-state index is 0.0684. The molecule has 1 saturated heterocycles. The van der Waals surface area contributed by atoms with E-state index in [0.717, 1.165) is 19.3 Å². The average Bonchev–Trinajstić information content (AvgIpc) is 2.68. The minimum Gasteiger partial charge on any atom is -0.453 e. The zero-order valence-electron chi connectivity index (χ0n) is 8.91. The zero-order chi connectivity index (χ0) is 11.2. The average molecular weight is 281 g/mol. The second-order valence-electron chi connectivity index (χ2n) is 4.53. The van der Waals surface area contributed by atoms with Gasteiger partial charge in [-0.25, -0.2) is 0 Å². The summed E-state index contributed by atoms with van der Waals surface area (Å²) >= 11 is 3.69. The van der Waals surface area contributed by atoms with Gasteiger partial charge in [0.05, 0.1) is 4.83 Å². The van der Waals surface area contributed by atoms with Gasteiger partial charge in [-0.1, -0.05) is 40.2 Å². The molecule has 0 N–H and O–H groups in total. The second kappa shape index (κ2) is 3.59. The second-order valence-corrected chi connectivity index (χ2v) is 5.63. The van der Waals surface area contributed by atoms with Crippen molar-refractivity contribution in [3.63, 3.8) is 0 Å². The highest BCUT2D eigenvalue weighted by Gasteiger charge is 2.50. The molecule has 1 aliphatic heterocycles. The van der Waals surface area contributed by atoms with Crippen LogP contribution in [-0.4, -0.2) is 10.8 Å². The van der Waals surface area contributed by atoms with Gasteiger partial charge in [-0.05, 0) is 24.0 Å². The van der Waals surface area contributed by atoms with Crippen LogP contribution in [0.2, 0.25) is 0 Å². The maximum atomic E-state index is 11.4. The number of alkyl halides is 1. The third-order valence-corrected chi connectivity index (χ3v) is 4.84. The van der Waals surface area contributed by atoms with Crippen LogP contribution in [0.1, 0.15) is 30.4 Å². The summed E-state index contributed by atoms with van der Waals surface area (Å²) in [5, 5.41) is 0. The Morgan fingerprint density at radius 2 is 2.12 bits per heavy atom. The number of halogens is 1. The van der Waals surface area contributed by atoms with E-state index in [1.54, 1.807) is 0 Å². The lowest BCUT2D eigenvalue weighted by Gasteiger charge is -2.38. The van der Waals surface area contributed by atoms with Gasteiger partial charge in [-0.15, -0.1) is 0 Å². The molecule has 1 aromatic rings. The Bertz CT molecular complexity index is 443. The van der Waals surface area contributed by atoms with E-state index in [2.05, 4.69) is 34.1 Å². The number of fused-ring (bicyclic) bond motifs is 2. The van der Waals surface area contributed by atoms with Crippen LogP contribution >= 0.6 is 15.9 Å². The van der Waals surface area contributed by atoms with Gasteiger partial charge in [0, 0.05) is 12.8 Å². The molecule has 2 atom stereocenters. The Hall–Kier alpha value is -0.830. The van der Waals surface area contributed by atoms with Crippen molar-refractivity contribution in [1.29, 1.82) is 0 Å². The first-order valence-electron chi connectivity index (χ1n) is 5.67. The monoisotopic (exact) mass is 280 g/mol. The molecule has 3 rings (SSSR count). The summed E-state index contributed by atoms with van der Waals surface area (Å²) in [5.74, 6) is -0.0684. The Labute approximate surface area is 103 Å². The molecule has 1 spiro atoms. The quantitative estimate of drug-likeness (QED) is 0.540. The van der Waals surface area contributed by atoms with E-state index < -0.39 is 5.60 Å². The van der Waals surface area contributed by atoms with Crippen LogP contribution in [0.15, 0.2) is 24.3 Å². The number of ether oxygens (including phenoxy) is 1. The van der Waals surface area contributed by atoms with Gasteiger partial charge in [0.2, 0.25) is 0 Å². The number of hydrogen-bond donors (Lipinski definition) is 0. The van der Waals surface area contributed by atoms with Crippen molar-refractivity contribution in [2.45, 2.75) is 36.1 Å². The van der Waals surface area contributed by atoms with Crippen molar-refractivity contribution >= 4 is 21.9 Å². The lowest BCUT2D eigenvalue weighted by molar-refractivity contribution is -0.149. The van der Waals surface area contributed by atoms with Crippen molar-refractivity contribution in [2.75, 3.05) is 0 Å². The first kappa shape index (κ1) is 10.3. The largest absolute Gasteiger partial charge is 0.453 e. The standard InChI is InChI=1S/C13H13BrO2/c14-11-6-5-9-3-1-2-4-10(9)13(11)8-7-12(15)16-13/h1-4,11H,5-8H2/t11-,13-/m0/s1. The molecule has 1 aromatic carbocycles. The maximum absolute atomic E-state index is 11.4. The fourth-order valence-corrected chi connectivity index (χ4v) is 3.64. The third-order valence-electron chi connectivity index (χ3n) is 3.64. The van der Waals surface area contributed by atoms with Crippen molar-refractivity contribution in [3.8, 4) is 0 Å². The molecule has 0 bridgehead atoms. The topological polar surface area (TPSA) is 26.3 Å². The maximum Gasteiger partial charge on any atom is 0.306 e. The zero-order valence-corrected chi connectivity index (χ0v) is 10.5. The summed E-state index contributed by atoms with van der Waals surface area (Å²) in [5.41, 5.74) is 2.13. The van der Waals surface area contributed by atoms with Crippen LogP contribution in [0.5, 0.6) is 0 Å². The molecule has 0 aromatic heterocycles. The van der Waals surface area contributed by atoms with E-state index in [1.165, 1.54) is 11.1 Å². The molecule has 2 aliphatic rings. The van der Waals surface area contributed by atoms with E-state index in [1.807, 2.05) is 6.07 Å². The van der Waals surface area contributed by atoms with Crippen LogP contribution in [0.25, 0.3) is 0 Å². The molecule has 1 heterocycles. The predicted octanol–water partition coefficient (Wildman–Crippen LogP) is 2.93. The molecule has 1 fully saturated rings. The SMILES string of the molecule is O=C1CC[C@]2(O1)c1ccccc1CC[C@@H]2Br. The highest BCUT2D eigenvalue weighted by Crippen LogP contribution is 2.48. The van der Waals surface area contributed by atoms with Crippen molar-refractivity contribution in [3.05, 3.63) is 35.4 Å². The molecule has 3 heteroatoms. The van der Waals surface area contributed by atoms with Gasteiger partial charge in [-0.2, -0.15) is 0 Å². The van der Waals surface area contributed by atoms with Gasteiger partial charge in [-0.3, -0.25) is 4.79 Å². The molecule has 1 aliphatic carbocycles. The van der Waals surface area contributed by atoms with E-state index in [4.69, 9.17) is 4.74 Å². The number of hydrogen-bond acceptors (Lipinski definition) is 2. The molecule has 2 nitrogen and oxygen atoms in total. The molecule has 0 saturated carbocycles. The Morgan fingerprint density at radius 1 is 1.31 bits per heavy atom. The highest BCUT2D eigenvalue weighted by atomic mass is 79.9. The van der Waals surface area contributed by atoms with Crippen LogP contribution in [0, 0.1) is 0 Å². The lowest BCUT2D eigenvalue weighted by Crippen LogP contribution is -2.40. The van der Waals surface area contributed by atoms with Crippen molar-refractivity contribution in [2.24, 2.45) is 0 Å². The number of carbonyl (C=O) groups is 1. The highest BCUT2D eigenvalue weighted by molar-refractivity contribution is 9.09. The summed E-state index contributed by atoms with van der Waals surface area (Å²) in [7, 11) is 0. The molecular formula is C13H13BrO2. The molecule has 84 valence electrons. The third kappa shape index (κ3) is 1.34. The molecule has 0 amide bonds. The molecular weight excluding hydrogens is 268 g/mol. The van der Waals surface area contributed by atoms with Crippen LogP contribution in [0.3, 0.4) is 0 Å². The number of rotatable bonds is 0. The van der Waals surface area contributed by atoms with Crippen LogP contribution in [0.4, 0.5) is 0 Å². The summed E-state index contributed by atoms with van der Waals surface area (Å²) in [6.07, 6.45) is 3.44. The van der Waals surface area contributed by atoms with Gasteiger partial charge >= 0.3 is 5.97 Å². The predicted molar refractivity (Wildman–Crippen MR) is 64.5 cm³/mol. The number of aryl methyl sites for hydroxylation is 1. The normalized spacial score (nSPS) is 32.6. The van der Waals surface area contributed by atoms with Gasteiger partial charge in [0.25, 0.3) is 0 Å². The summed E-state index contributed by atoms with van der Waals surface area (Å²) in [6.45, 7) is 0. The van der Waals surface area contributed by atoms with Gasteiger partial charge in [0.15, 0.2) is 5.60 Å². The summed E-state index contributed by atoms with van der Waals surface area (Å²) in [4.78, 5) is 11.7. The fraction of sp³-hybridized carbons (Fsp3) is 0.462. The Morgan fingerprint density at radius 3 is 2.88 bits per heavy atom. The van der Waals surface area contributed by atoms with E-state index in [9.17, 15) is 4.79 Å². The van der Waals surface area contributed by atoms with E-state index in [-0.39, 0.29) is 10.8 Å². The van der Waals surface area contributed by atoms with Gasteiger partial charge in [0.1, 0.15) is 0 Å². The van der Waals surface area contributed by atoms with Crippen LogP contribution < -0.4 is 0 Å². The first-order valence-corrected chi connectivity index (χ1v) is 6.58. The Balaban J connectivity index is 2.13. The van der Waals surface area contributed by atoms with Crippen molar-refractivity contribution in [1.82, 2.24) is 0 Å². The smallest absolute Gasteiger partial charge is 0.306 e. The fourth-order valence-electron chi connectivity index (χ4n) is 2.84. The summed E-state index contributed by atoms with van der Waals surface area (Å²) < 4.78 is 5.64. The number of esters is 1. The number of carbonyl (C=O) groups excluding carboxylic acids is 1.